The molecule has 0 radical (unpaired) electrons. The molecule has 128 valence electrons. The number of aryl methyl sites for hydroxylation is 1. The predicted octanol–water partition coefficient (Wildman–Crippen LogP) is 3.65. The molecule has 0 aliphatic heterocycles. The van der Waals surface area contributed by atoms with E-state index in [1.165, 1.54) is 0 Å². The Kier molecular flexibility index (Phi) is 3.51. The monoisotopic (exact) mass is 343 g/mol. The van der Waals surface area contributed by atoms with E-state index in [9.17, 15) is 5.26 Å². The summed E-state index contributed by atoms with van der Waals surface area (Å²) in [5.41, 5.74) is 12.0. The van der Waals surface area contributed by atoms with Gasteiger partial charge < -0.3 is 10.5 Å². The van der Waals surface area contributed by atoms with Crippen molar-refractivity contribution in [3.05, 3.63) is 53.3 Å². The van der Waals surface area contributed by atoms with Crippen molar-refractivity contribution >= 4 is 27.8 Å². The van der Waals surface area contributed by atoms with Crippen LogP contribution in [0.25, 0.3) is 27.6 Å². The van der Waals surface area contributed by atoms with Gasteiger partial charge in [0.15, 0.2) is 0 Å². The highest BCUT2D eigenvalue weighted by Crippen LogP contribution is 2.38. The van der Waals surface area contributed by atoms with E-state index in [1.54, 1.807) is 19.5 Å². The molecule has 0 saturated heterocycles. The van der Waals surface area contributed by atoms with E-state index in [2.05, 4.69) is 16.0 Å². The molecule has 0 bridgehead atoms. The zero-order valence-electron chi connectivity index (χ0n) is 14.7. The lowest BCUT2D eigenvalue weighted by Gasteiger charge is -2.17. The molecule has 0 fully saturated rings. The van der Waals surface area contributed by atoms with Gasteiger partial charge in [-0.25, -0.2) is 0 Å². The van der Waals surface area contributed by atoms with Crippen LogP contribution >= 0.6 is 0 Å². The van der Waals surface area contributed by atoms with Crippen LogP contribution in [0.4, 0.5) is 5.82 Å². The van der Waals surface area contributed by atoms with E-state index in [0.29, 0.717) is 16.9 Å². The zero-order chi connectivity index (χ0) is 18.4. The second kappa shape index (κ2) is 5.74. The Hall–Kier alpha value is -3.59. The fraction of sp³-hybridized carbons (Fsp3) is 0.150. The van der Waals surface area contributed by atoms with Crippen molar-refractivity contribution in [2.45, 2.75) is 13.8 Å². The van der Waals surface area contributed by atoms with Crippen LogP contribution in [0.15, 0.2) is 36.7 Å². The SMILES string of the molecule is COc1ccc(C)c(-n2c(N)c(C#N)c3ccc4nccnc4c32)c1C. The highest BCUT2D eigenvalue weighted by molar-refractivity contribution is 6.08. The lowest BCUT2D eigenvalue weighted by molar-refractivity contribution is 0.411. The van der Waals surface area contributed by atoms with Gasteiger partial charge in [-0.2, -0.15) is 5.26 Å². The summed E-state index contributed by atoms with van der Waals surface area (Å²) in [6, 6.07) is 9.89. The normalized spacial score (nSPS) is 11.0. The highest BCUT2D eigenvalue weighted by atomic mass is 16.5. The molecular weight excluding hydrogens is 326 g/mol. The van der Waals surface area contributed by atoms with Crippen LogP contribution in [0.1, 0.15) is 16.7 Å². The molecule has 0 saturated carbocycles. The van der Waals surface area contributed by atoms with Crippen molar-refractivity contribution in [3.63, 3.8) is 0 Å². The van der Waals surface area contributed by atoms with Gasteiger partial charge in [0.25, 0.3) is 0 Å². The Balaban J connectivity index is 2.27. The smallest absolute Gasteiger partial charge is 0.127 e. The summed E-state index contributed by atoms with van der Waals surface area (Å²) in [7, 11) is 1.64. The topological polar surface area (TPSA) is 89.8 Å². The number of fused-ring (bicyclic) bond motifs is 3. The fourth-order valence-corrected chi connectivity index (χ4v) is 3.55. The average Bonchev–Trinajstić information content (AvgIpc) is 2.94. The van der Waals surface area contributed by atoms with Crippen molar-refractivity contribution in [1.82, 2.24) is 14.5 Å². The number of ether oxygens (including phenoxy) is 1. The minimum Gasteiger partial charge on any atom is -0.496 e. The molecule has 2 heterocycles. The van der Waals surface area contributed by atoms with E-state index in [1.807, 2.05) is 42.7 Å². The Morgan fingerprint density at radius 3 is 2.62 bits per heavy atom. The van der Waals surface area contributed by atoms with Gasteiger partial charge in [0, 0.05) is 23.3 Å². The van der Waals surface area contributed by atoms with Gasteiger partial charge in [0.1, 0.15) is 28.7 Å². The van der Waals surface area contributed by atoms with Crippen LogP contribution in [0, 0.1) is 25.2 Å². The molecule has 4 aromatic rings. The maximum Gasteiger partial charge on any atom is 0.127 e. The summed E-state index contributed by atoms with van der Waals surface area (Å²) in [5.74, 6) is 1.15. The lowest BCUT2D eigenvalue weighted by atomic mass is 10.1. The first-order chi connectivity index (χ1) is 12.6. The fourth-order valence-electron chi connectivity index (χ4n) is 3.55. The molecule has 0 amide bonds. The number of nitriles is 1. The zero-order valence-corrected chi connectivity index (χ0v) is 14.7. The van der Waals surface area contributed by atoms with Gasteiger partial charge in [-0.05, 0) is 37.6 Å². The first-order valence-electron chi connectivity index (χ1n) is 8.16. The first-order valence-corrected chi connectivity index (χ1v) is 8.16. The summed E-state index contributed by atoms with van der Waals surface area (Å²) in [5, 5.41) is 10.4. The molecule has 6 heteroatoms. The molecule has 26 heavy (non-hydrogen) atoms. The van der Waals surface area contributed by atoms with Gasteiger partial charge in [0.2, 0.25) is 0 Å². The van der Waals surface area contributed by atoms with Gasteiger partial charge in [-0.1, -0.05) is 6.07 Å². The van der Waals surface area contributed by atoms with Gasteiger partial charge in [0.05, 0.1) is 23.8 Å². The summed E-state index contributed by atoms with van der Waals surface area (Å²) >= 11 is 0. The van der Waals surface area contributed by atoms with Crippen LogP contribution in [0.5, 0.6) is 5.75 Å². The number of nitrogens with two attached hydrogens (primary N) is 1. The summed E-state index contributed by atoms with van der Waals surface area (Å²) < 4.78 is 7.39. The average molecular weight is 343 g/mol. The number of benzene rings is 2. The Bertz CT molecular complexity index is 1220. The summed E-state index contributed by atoms with van der Waals surface area (Å²) in [6.45, 7) is 3.99. The van der Waals surface area contributed by atoms with Crippen molar-refractivity contribution in [2.75, 3.05) is 12.8 Å². The van der Waals surface area contributed by atoms with E-state index >= 15 is 0 Å². The minimum atomic E-state index is 0.389. The molecule has 6 nitrogen and oxygen atoms in total. The van der Waals surface area contributed by atoms with Crippen molar-refractivity contribution in [3.8, 4) is 17.5 Å². The second-order valence-electron chi connectivity index (χ2n) is 6.15. The van der Waals surface area contributed by atoms with Crippen LogP contribution in [0.3, 0.4) is 0 Å². The maximum atomic E-state index is 9.68. The van der Waals surface area contributed by atoms with E-state index in [0.717, 1.165) is 39.0 Å². The second-order valence-corrected chi connectivity index (χ2v) is 6.15. The van der Waals surface area contributed by atoms with Crippen LogP contribution in [0.2, 0.25) is 0 Å². The number of hydrogen-bond donors (Lipinski definition) is 1. The Labute approximate surface area is 150 Å². The van der Waals surface area contributed by atoms with Gasteiger partial charge in [-0.15, -0.1) is 0 Å². The molecule has 0 unspecified atom stereocenters. The van der Waals surface area contributed by atoms with E-state index < -0.39 is 0 Å². The third-order valence-corrected chi connectivity index (χ3v) is 4.74. The van der Waals surface area contributed by atoms with E-state index in [-0.39, 0.29) is 0 Å². The maximum absolute atomic E-state index is 9.68. The summed E-state index contributed by atoms with van der Waals surface area (Å²) in [6.07, 6.45) is 3.30. The third kappa shape index (κ3) is 2.04. The number of rotatable bonds is 2. The standard InChI is InChI=1S/C20H17N5O/c1-11-4-7-16(26-3)12(2)18(11)25-19-13(14(10-21)20(25)22)5-6-15-17(19)24-9-8-23-15/h4-9H,22H2,1-3H3. The molecular formula is C20H17N5O. The first kappa shape index (κ1) is 15.9. The molecule has 2 aromatic heterocycles. The molecule has 2 N–H and O–H groups in total. The van der Waals surface area contributed by atoms with Crippen LogP contribution < -0.4 is 10.5 Å². The molecule has 4 rings (SSSR count). The van der Waals surface area contributed by atoms with Crippen molar-refractivity contribution < 1.29 is 4.74 Å². The number of anilines is 1. The van der Waals surface area contributed by atoms with Crippen molar-refractivity contribution in [2.24, 2.45) is 0 Å². The Morgan fingerprint density at radius 1 is 1.12 bits per heavy atom. The number of aromatic nitrogens is 3. The van der Waals surface area contributed by atoms with E-state index in [4.69, 9.17) is 10.5 Å². The predicted molar refractivity (Wildman–Crippen MR) is 102 cm³/mol. The summed E-state index contributed by atoms with van der Waals surface area (Å²) in [4.78, 5) is 8.89. The number of nitrogen functional groups attached to an aromatic ring is 1. The quantitative estimate of drug-likeness (QED) is 0.600. The largest absolute Gasteiger partial charge is 0.496 e. The van der Waals surface area contributed by atoms with Crippen molar-refractivity contribution in [1.29, 1.82) is 5.26 Å². The molecule has 0 aliphatic carbocycles. The Morgan fingerprint density at radius 2 is 1.88 bits per heavy atom. The molecule has 0 atom stereocenters. The number of methoxy groups -OCH3 is 1. The molecule has 0 spiro atoms. The van der Waals surface area contributed by atoms with Crippen LogP contribution in [-0.2, 0) is 0 Å². The van der Waals surface area contributed by atoms with Gasteiger partial charge >= 0.3 is 0 Å². The van der Waals surface area contributed by atoms with Crippen LogP contribution in [-0.4, -0.2) is 21.6 Å². The minimum absolute atomic E-state index is 0.389. The molecule has 0 aliphatic rings. The third-order valence-electron chi connectivity index (χ3n) is 4.74. The lowest BCUT2D eigenvalue weighted by Crippen LogP contribution is -2.06. The van der Waals surface area contributed by atoms with Gasteiger partial charge in [-0.3, -0.25) is 14.5 Å². The molecule has 2 aromatic carbocycles. The number of nitrogens with zero attached hydrogens (tertiary/aromatic N) is 4. The number of hydrogen-bond acceptors (Lipinski definition) is 5. The highest BCUT2D eigenvalue weighted by Gasteiger charge is 2.22.